The molecule has 0 unspecified atom stereocenters. The van der Waals surface area contributed by atoms with Crippen LogP contribution < -0.4 is 26.3 Å². The molecule has 0 bridgehead atoms. The van der Waals surface area contributed by atoms with Crippen LogP contribution in [0.5, 0.6) is 11.5 Å². The number of hydrogen-bond acceptors (Lipinski definition) is 7. The van der Waals surface area contributed by atoms with Crippen LogP contribution in [0.15, 0.2) is 12.1 Å². The quantitative estimate of drug-likeness (QED) is 0.590. The molecule has 1 aliphatic heterocycles. The van der Waals surface area contributed by atoms with Gasteiger partial charge >= 0.3 is 0 Å². The number of fused-ring (bicyclic) bond motifs is 1. The third-order valence-electron chi connectivity index (χ3n) is 2.97. The summed E-state index contributed by atoms with van der Waals surface area (Å²) in [6.07, 6.45) is 0. The van der Waals surface area contributed by atoms with Gasteiger partial charge < -0.3 is 35.7 Å². The molecule has 0 aliphatic carbocycles. The highest BCUT2D eigenvalue weighted by Crippen LogP contribution is 2.33. The minimum Gasteiger partial charge on any atom is -0.487 e. The summed E-state index contributed by atoms with van der Waals surface area (Å²) in [6.45, 7) is 4.71. The zero-order valence-corrected chi connectivity index (χ0v) is 12.1. The van der Waals surface area contributed by atoms with E-state index >= 15 is 0 Å². The minimum atomic E-state index is 0.427. The first-order valence-corrected chi connectivity index (χ1v) is 7.08. The van der Waals surface area contributed by atoms with E-state index < -0.39 is 0 Å². The Hall–Kier alpha value is -1.70. The summed E-state index contributed by atoms with van der Waals surface area (Å²) in [5.41, 5.74) is 12.5. The van der Waals surface area contributed by atoms with E-state index in [4.69, 9.17) is 30.4 Å². The van der Waals surface area contributed by atoms with Gasteiger partial charge in [0.15, 0.2) is 11.5 Å². The second-order valence-electron chi connectivity index (χ2n) is 4.60. The van der Waals surface area contributed by atoms with E-state index in [9.17, 15) is 0 Å². The standard InChI is InChI=1S/C14H23N3O4/c15-11-9-13-14(10-12(11)16)21-8-6-19-4-2-17-1-3-18-5-7-20-13/h9-10,17H,1-8,15-16H2. The average molecular weight is 297 g/mol. The highest BCUT2D eigenvalue weighted by Gasteiger charge is 2.09. The van der Waals surface area contributed by atoms with Crippen molar-refractivity contribution in [3.63, 3.8) is 0 Å². The molecule has 21 heavy (non-hydrogen) atoms. The highest BCUT2D eigenvalue weighted by molar-refractivity contribution is 5.69. The van der Waals surface area contributed by atoms with E-state index in [1.165, 1.54) is 0 Å². The number of benzene rings is 1. The Morgan fingerprint density at radius 2 is 1.19 bits per heavy atom. The van der Waals surface area contributed by atoms with E-state index in [1.807, 2.05) is 0 Å². The first-order chi connectivity index (χ1) is 10.3. The Morgan fingerprint density at radius 3 is 1.67 bits per heavy atom. The lowest BCUT2D eigenvalue weighted by atomic mass is 10.2. The lowest BCUT2D eigenvalue weighted by molar-refractivity contribution is 0.0975. The summed E-state index contributed by atoms with van der Waals surface area (Å²) in [5.74, 6) is 1.14. The van der Waals surface area contributed by atoms with E-state index in [0.717, 1.165) is 13.1 Å². The molecule has 5 N–H and O–H groups in total. The van der Waals surface area contributed by atoms with Gasteiger partial charge in [0.25, 0.3) is 0 Å². The number of nitrogens with one attached hydrogen (secondary N) is 1. The molecule has 1 heterocycles. The summed E-state index contributed by atoms with van der Waals surface area (Å²) >= 11 is 0. The van der Waals surface area contributed by atoms with Crippen LogP contribution in [0.25, 0.3) is 0 Å². The zero-order chi connectivity index (χ0) is 14.9. The fourth-order valence-electron chi connectivity index (χ4n) is 1.86. The fourth-order valence-corrected chi connectivity index (χ4v) is 1.86. The largest absolute Gasteiger partial charge is 0.487 e. The van der Waals surface area contributed by atoms with Gasteiger partial charge in [-0.1, -0.05) is 0 Å². The molecule has 7 nitrogen and oxygen atoms in total. The second kappa shape index (κ2) is 8.56. The Kier molecular flexibility index (Phi) is 6.39. The number of hydrogen-bond donors (Lipinski definition) is 3. The van der Waals surface area contributed by atoms with Crippen LogP contribution in [0.2, 0.25) is 0 Å². The number of rotatable bonds is 0. The van der Waals surface area contributed by atoms with Crippen LogP contribution in [0, 0.1) is 0 Å². The van der Waals surface area contributed by atoms with Gasteiger partial charge in [-0.2, -0.15) is 0 Å². The minimum absolute atomic E-state index is 0.427. The van der Waals surface area contributed by atoms with E-state index in [-0.39, 0.29) is 0 Å². The molecule has 0 amide bonds. The van der Waals surface area contributed by atoms with E-state index in [0.29, 0.717) is 62.5 Å². The molecule has 0 aromatic heterocycles. The monoisotopic (exact) mass is 297 g/mol. The molecule has 0 spiro atoms. The molecular weight excluding hydrogens is 274 g/mol. The van der Waals surface area contributed by atoms with Crippen LogP contribution in [0.4, 0.5) is 11.4 Å². The molecule has 118 valence electrons. The zero-order valence-electron chi connectivity index (χ0n) is 12.1. The van der Waals surface area contributed by atoms with E-state index in [2.05, 4.69) is 5.32 Å². The maximum atomic E-state index is 5.80. The van der Waals surface area contributed by atoms with Crippen molar-refractivity contribution in [2.75, 3.05) is 64.2 Å². The Balaban J connectivity index is 2.00. The van der Waals surface area contributed by atoms with Crippen molar-refractivity contribution >= 4 is 11.4 Å². The van der Waals surface area contributed by atoms with Gasteiger partial charge in [0.2, 0.25) is 0 Å². The fraction of sp³-hybridized carbons (Fsp3) is 0.571. The van der Waals surface area contributed by atoms with E-state index in [1.54, 1.807) is 12.1 Å². The first-order valence-electron chi connectivity index (χ1n) is 7.08. The Bertz CT molecular complexity index is 403. The van der Waals surface area contributed by atoms with Crippen LogP contribution in [0.3, 0.4) is 0 Å². The maximum Gasteiger partial charge on any atom is 0.163 e. The van der Waals surface area contributed by atoms with Crippen LogP contribution in [0.1, 0.15) is 0 Å². The van der Waals surface area contributed by atoms with Crippen LogP contribution in [-0.2, 0) is 9.47 Å². The van der Waals surface area contributed by atoms with Crippen molar-refractivity contribution in [1.82, 2.24) is 5.32 Å². The van der Waals surface area contributed by atoms with Crippen molar-refractivity contribution in [3.05, 3.63) is 12.1 Å². The number of ether oxygens (including phenoxy) is 4. The van der Waals surface area contributed by atoms with Gasteiger partial charge in [0.05, 0.1) is 37.8 Å². The molecule has 0 fully saturated rings. The normalized spacial score (nSPS) is 18.5. The van der Waals surface area contributed by atoms with Gasteiger partial charge in [-0.25, -0.2) is 0 Å². The first kappa shape index (κ1) is 15.7. The van der Waals surface area contributed by atoms with Crippen LogP contribution in [-0.4, -0.2) is 52.7 Å². The topological polar surface area (TPSA) is 101 Å². The summed E-state index contributed by atoms with van der Waals surface area (Å²) in [7, 11) is 0. The highest BCUT2D eigenvalue weighted by atomic mass is 16.6. The van der Waals surface area contributed by atoms with Gasteiger partial charge in [0.1, 0.15) is 13.2 Å². The molecule has 0 saturated heterocycles. The third kappa shape index (κ3) is 5.30. The molecule has 1 aromatic carbocycles. The molecule has 0 atom stereocenters. The smallest absolute Gasteiger partial charge is 0.163 e. The Morgan fingerprint density at radius 1 is 0.714 bits per heavy atom. The predicted molar refractivity (Wildman–Crippen MR) is 80.8 cm³/mol. The third-order valence-corrected chi connectivity index (χ3v) is 2.97. The molecule has 1 aromatic rings. The van der Waals surface area contributed by atoms with Crippen molar-refractivity contribution < 1.29 is 18.9 Å². The second-order valence-corrected chi connectivity index (χ2v) is 4.60. The van der Waals surface area contributed by atoms with Gasteiger partial charge in [-0.05, 0) is 0 Å². The maximum absolute atomic E-state index is 5.80. The lowest BCUT2D eigenvalue weighted by Crippen LogP contribution is -2.25. The SMILES string of the molecule is Nc1cc2c(cc1N)OCCOCCNCCOCCO2. The summed E-state index contributed by atoms with van der Waals surface area (Å²) in [6, 6.07) is 3.34. The summed E-state index contributed by atoms with van der Waals surface area (Å²) < 4.78 is 22.2. The molecule has 2 rings (SSSR count). The Labute approximate surface area is 124 Å². The van der Waals surface area contributed by atoms with Crippen LogP contribution >= 0.6 is 0 Å². The molecule has 7 heteroatoms. The lowest BCUT2D eigenvalue weighted by Gasteiger charge is -2.14. The number of anilines is 2. The molecule has 0 saturated carbocycles. The number of nitrogens with two attached hydrogens (primary N) is 2. The summed E-state index contributed by atoms with van der Waals surface area (Å²) in [5, 5.41) is 3.22. The van der Waals surface area contributed by atoms with Crippen molar-refractivity contribution in [2.45, 2.75) is 0 Å². The van der Waals surface area contributed by atoms with Crippen molar-refractivity contribution in [3.8, 4) is 11.5 Å². The van der Waals surface area contributed by atoms with Gasteiger partial charge in [0, 0.05) is 25.2 Å². The predicted octanol–water partition coefficient (Wildman–Crippen LogP) is 0.245. The molecular formula is C14H23N3O4. The number of nitrogen functional groups attached to an aromatic ring is 2. The average Bonchev–Trinajstić information content (AvgIpc) is 2.48. The molecule has 1 aliphatic rings. The van der Waals surface area contributed by atoms with Gasteiger partial charge in [-0.15, -0.1) is 0 Å². The van der Waals surface area contributed by atoms with Crippen molar-refractivity contribution in [1.29, 1.82) is 0 Å². The van der Waals surface area contributed by atoms with Gasteiger partial charge in [-0.3, -0.25) is 0 Å². The van der Waals surface area contributed by atoms with Crippen molar-refractivity contribution in [2.24, 2.45) is 0 Å². The summed E-state index contributed by atoms with van der Waals surface area (Å²) in [4.78, 5) is 0. The molecule has 0 radical (unpaired) electrons.